The third-order valence-corrected chi connectivity index (χ3v) is 6.13. The van der Waals surface area contributed by atoms with Crippen LogP contribution in [0.1, 0.15) is 50.3 Å². The summed E-state index contributed by atoms with van der Waals surface area (Å²) in [4.78, 5) is 28.5. The average molecular weight is 507 g/mol. The van der Waals surface area contributed by atoms with Gasteiger partial charge in [0.15, 0.2) is 6.61 Å². The molecule has 0 saturated carbocycles. The van der Waals surface area contributed by atoms with Gasteiger partial charge in [0.2, 0.25) is 5.91 Å². The molecule has 1 N–H and O–H groups in total. The maximum Gasteiger partial charge on any atom is 0.261 e. The second kappa shape index (κ2) is 13.1. The summed E-state index contributed by atoms with van der Waals surface area (Å²) in [5.74, 6) is 0.564. The van der Waals surface area contributed by atoms with Crippen molar-refractivity contribution in [3.8, 4) is 5.75 Å². The molecular weight excluding hydrogens is 472 g/mol. The van der Waals surface area contributed by atoms with Gasteiger partial charge in [0.1, 0.15) is 11.8 Å². The first kappa shape index (κ1) is 27.3. The molecule has 0 aliphatic rings. The highest BCUT2D eigenvalue weighted by molar-refractivity contribution is 6.30. The Morgan fingerprint density at radius 2 is 1.50 bits per heavy atom. The van der Waals surface area contributed by atoms with Crippen LogP contribution in [0.25, 0.3) is 0 Å². The number of amides is 2. The molecule has 1 atom stereocenters. The third-order valence-electron chi connectivity index (χ3n) is 5.88. The van der Waals surface area contributed by atoms with Crippen molar-refractivity contribution in [3.63, 3.8) is 0 Å². The van der Waals surface area contributed by atoms with E-state index in [0.717, 1.165) is 11.1 Å². The maximum atomic E-state index is 13.6. The van der Waals surface area contributed by atoms with Crippen LogP contribution >= 0.6 is 11.6 Å². The number of benzene rings is 3. The Bertz CT molecular complexity index is 1110. The van der Waals surface area contributed by atoms with E-state index < -0.39 is 6.04 Å². The Morgan fingerprint density at radius 1 is 0.861 bits per heavy atom. The first-order chi connectivity index (χ1) is 17.2. The first-order valence-corrected chi connectivity index (χ1v) is 12.7. The van der Waals surface area contributed by atoms with Gasteiger partial charge in [0, 0.05) is 24.0 Å². The van der Waals surface area contributed by atoms with Crippen molar-refractivity contribution in [2.45, 2.75) is 58.7 Å². The molecule has 2 amide bonds. The summed E-state index contributed by atoms with van der Waals surface area (Å²) in [5, 5.41) is 3.60. The van der Waals surface area contributed by atoms with E-state index >= 15 is 0 Å². The van der Waals surface area contributed by atoms with Gasteiger partial charge in [-0.2, -0.15) is 0 Å². The molecule has 0 saturated heterocycles. The molecule has 0 bridgehead atoms. The van der Waals surface area contributed by atoms with Crippen LogP contribution in [0.5, 0.6) is 5.75 Å². The fraction of sp³-hybridized carbons (Fsp3) is 0.333. The monoisotopic (exact) mass is 506 g/mol. The first-order valence-electron chi connectivity index (χ1n) is 12.3. The molecule has 0 unspecified atom stereocenters. The number of ether oxygens (including phenoxy) is 1. The predicted octanol–water partition coefficient (Wildman–Crippen LogP) is 6.01. The Morgan fingerprint density at radius 3 is 2.08 bits per heavy atom. The number of nitrogens with one attached hydrogen (secondary N) is 1. The van der Waals surface area contributed by atoms with E-state index in [-0.39, 0.29) is 31.0 Å². The van der Waals surface area contributed by atoms with Crippen LogP contribution in [0, 0.1) is 0 Å². The number of hydrogen-bond donors (Lipinski definition) is 1. The number of carbonyl (C=O) groups excluding carboxylic acids is 2. The molecule has 0 radical (unpaired) electrons. The van der Waals surface area contributed by atoms with Crippen LogP contribution < -0.4 is 10.1 Å². The minimum absolute atomic E-state index is 0.0565. The van der Waals surface area contributed by atoms with E-state index in [1.807, 2.05) is 80.6 Å². The van der Waals surface area contributed by atoms with Gasteiger partial charge in [0.05, 0.1) is 0 Å². The van der Waals surface area contributed by atoms with Gasteiger partial charge in [0.25, 0.3) is 5.91 Å². The van der Waals surface area contributed by atoms with Gasteiger partial charge in [-0.1, -0.05) is 80.0 Å². The molecule has 0 aliphatic carbocycles. The van der Waals surface area contributed by atoms with Crippen LogP contribution in [-0.2, 0) is 22.6 Å². The highest BCUT2D eigenvalue weighted by Gasteiger charge is 2.31. The third kappa shape index (κ3) is 8.13. The standard InChI is InChI=1S/C30H35ClN2O3/c1-21(2)25-12-16-27(17-13-25)36-20-29(34)33(19-24-10-14-26(31)15-11-24)28(30(35)32-22(3)4)18-23-8-6-5-7-9-23/h5-17,21-22,28H,18-20H2,1-4H3,(H,32,35)/t28-/m0/s1. The lowest BCUT2D eigenvalue weighted by molar-refractivity contribution is -0.143. The van der Waals surface area contributed by atoms with Gasteiger partial charge >= 0.3 is 0 Å². The van der Waals surface area contributed by atoms with Crippen LogP contribution in [0.2, 0.25) is 5.02 Å². The van der Waals surface area contributed by atoms with Crippen molar-refractivity contribution in [1.29, 1.82) is 0 Å². The summed E-state index contributed by atoms with van der Waals surface area (Å²) < 4.78 is 5.86. The van der Waals surface area contributed by atoms with Crippen molar-refractivity contribution in [2.24, 2.45) is 0 Å². The molecule has 3 aromatic carbocycles. The van der Waals surface area contributed by atoms with E-state index in [2.05, 4.69) is 19.2 Å². The fourth-order valence-corrected chi connectivity index (χ4v) is 4.02. The van der Waals surface area contributed by atoms with E-state index in [4.69, 9.17) is 16.3 Å². The normalized spacial score (nSPS) is 11.9. The number of nitrogens with zero attached hydrogens (tertiary/aromatic N) is 1. The van der Waals surface area contributed by atoms with Gasteiger partial charge in [-0.15, -0.1) is 0 Å². The lowest BCUT2D eigenvalue weighted by atomic mass is 10.0. The second-order valence-corrected chi connectivity index (χ2v) is 9.97. The van der Waals surface area contributed by atoms with E-state index in [1.54, 1.807) is 17.0 Å². The van der Waals surface area contributed by atoms with E-state index in [1.165, 1.54) is 5.56 Å². The summed E-state index contributed by atoms with van der Waals surface area (Å²) in [6.45, 7) is 8.16. The van der Waals surface area contributed by atoms with Crippen LogP contribution in [0.4, 0.5) is 0 Å². The zero-order valence-corrected chi connectivity index (χ0v) is 22.2. The SMILES string of the molecule is CC(C)NC(=O)[C@H](Cc1ccccc1)N(Cc1ccc(Cl)cc1)C(=O)COc1ccc(C(C)C)cc1. The molecular formula is C30H35ClN2O3. The molecule has 0 aromatic heterocycles. The van der Waals surface area contributed by atoms with Gasteiger partial charge in [-0.05, 0) is 60.7 Å². The molecule has 0 fully saturated rings. The topological polar surface area (TPSA) is 58.6 Å². The highest BCUT2D eigenvalue weighted by atomic mass is 35.5. The van der Waals surface area contributed by atoms with Crippen LogP contribution in [0.3, 0.4) is 0 Å². The highest BCUT2D eigenvalue weighted by Crippen LogP contribution is 2.20. The van der Waals surface area contributed by atoms with Crippen molar-refractivity contribution >= 4 is 23.4 Å². The molecule has 5 nitrogen and oxygen atoms in total. The second-order valence-electron chi connectivity index (χ2n) is 9.53. The Balaban J connectivity index is 1.87. The van der Waals surface area contributed by atoms with Crippen LogP contribution in [0.15, 0.2) is 78.9 Å². The van der Waals surface area contributed by atoms with Crippen LogP contribution in [-0.4, -0.2) is 35.4 Å². The molecule has 0 aliphatic heterocycles. The minimum atomic E-state index is -0.704. The lowest BCUT2D eigenvalue weighted by Crippen LogP contribution is -2.52. The molecule has 190 valence electrons. The minimum Gasteiger partial charge on any atom is -0.484 e. The van der Waals surface area contributed by atoms with Crippen molar-refractivity contribution in [2.75, 3.05) is 6.61 Å². The molecule has 36 heavy (non-hydrogen) atoms. The lowest BCUT2D eigenvalue weighted by Gasteiger charge is -2.32. The average Bonchev–Trinajstić information content (AvgIpc) is 2.86. The fourth-order valence-electron chi connectivity index (χ4n) is 3.90. The summed E-state index contributed by atoms with van der Waals surface area (Å²) in [6, 6.07) is 24.0. The van der Waals surface area contributed by atoms with E-state index in [9.17, 15) is 9.59 Å². The smallest absolute Gasteiger partial charge is 0.261 e. The molecule has 0 spiro atoms. The zero-order chi connectivity index (χ0) is 26.1. The zero-order valence-electron chi connectivity index (χ0n) is 21.4. The Hall–Kier alpha value is -3.31. The van der Waals surface area contributed by atoms with Crippen molar-refractivity contribution in [3.05, 3.63) is 101 Å². The van der Waals surface area contributed by atoms with Crippen molar-refractivity contribution in [1.82, 2.24) is 10.2 Å². The van der Waals surface area contributed by atoms with Gasteiger partial charge in [-0.25, -0.2) is 0 Å². The maximum absolute atomic E-state index is 13.6. The summed E-state index contributed by atoms with van der Waals surface area (Å²) in [5.41, 5.74) is 3.05. The summed E-state index contributed by atoms with van der Waals surface area (Å²) >= 11 is 6.07. The largest absolute Gasteiger partial charge is 0.484 e. The Labute approximate surface area is 219 Å². The van der Waals surface area contributed by atoms with Crippen molar-refractivity contribution < 1.29 is 14.3 Å². The Kier molecular flexibility index (Phi) is 9.95. The molecule has 3 rings (SSSR count). The van der Waals surface area contributed by atoms with E-state index in [0.29, 0.717) is 23.1 Å². The predicted molar refractivity (Wildman–Crippen MR) is 145 cm³/mol. The number of rotatable bonds is 11. The van der Waals surface area contributed by atoms with Gasteiger partial charge < -0.3 is 15.0 Å². The number of carbonyl (C=O) groups is 2. The summed E-state index contributed by atoms with van der Waals surface area (Å²) in [6.07, 6.45) is 0.391. The van der Waals surface area contributed by atoms with Gasteiger partial charge in [-0.3, -0.25) is 9.59 Å². The molecule has 3 aromatic rings. The quantitative estimate of drug-likeness (QED) is 0.346. The molecule has 0 heterocycles. The number of hydrogen-bond acceptors (Lipinski definition) is 3. The molecule has 6 heteroatoms. The number of halogens is 1. The summed E-state index contributed by atoms with van der Waals surface area (Å²) in [7, 11) is 0.